The van der Waals surface area contributed by atoms with Gasteiger partial charge < -0.3 is 14.2 Å². The van der Waals surface area contributed by atoms with Gasteiger partial charge in [0.05, 0.1) is 0 Å². The molecule has 0 aliphatic heterocycles. The van der Waals surface area contributed by atoms with Gasteiger partial charge in [0.2, 0.25) is 0 Å². The first-order valence-corrected chi connectivity index (χ1v) is 26.8. The van der Waals surface area contributed by atoms with Crippen LogP contribution in [0, 0.1) is 0 Å². The van der Waals surface area contributed by atoms with E-state index in [-0.39, 0.29) is 31.1 Å². The summed E-state index contributed by atoms with van der Waals surface area (Å²) >= 11 is 0. The van der Waals surface area contributed by atoms with Crippen molar-refractivity contribution in [2.45, 2.75) is 271 Å². The summed E-state index contributed by atoms with van der Waals surface area (Å²) in [5, 5.41) is 0. The van der Waals surface area contributed by atoms with Gasteiger partial charge in [0.15, 0.2) is 6.10 Å². The number of hydrogen-bond acceptors (Lipinski definition) is 6. The third-order valence-corrected chi connectivity index (χ3v) is 11.5. The molecule has 6 nitrogen and oxygen atoms in total. The predicted octanol–water partition coefficient (Wildman–Crippen LogP) is 17.6. The second-order valence-corrected chi connectivity index (χ2v) is 17.8. The monoisotopic (exact) mass is 881 g/mol. The van der Waals surface area contributed by atoms with E-state index in [2.05, 4.69) is 81.5 Å². The molecule has 0 saturated carbocycles. The van der Waals surface area contributed by atoms with Crippen LogP contribution in [0.25, 0.3) is 0 Å². The highest BCUT2D eigenvalue weighted by atomic mass is 16.6. The fourth-order valence-electron chi connectivity index (χ4n) is 7.42. The van der Waals surface area contributed by atoms with Gasteiger partial charge in [-0.25, -0.2) is 0 Å². The summed E-state index contributed by atoms with van der Waals surface area (Å²) in [6.07, 6.45) is 63.8. The first kappa shape index (κ1) is 60.1. The second kappa shape index (κ2) is 51.7. The van der Waals surface area contributed by atoms with Crippen LogP contribution in [0.5, 0.6) is 0 Å². The minimum Gasteiger partial charge on any atom is -0.462 e. The van der Waals surface area contributed by atoms with Crippen LogP contribution in [0.4, 0.5) is 0 Å². The third kappa shape index (κ3) is 50.0. The molecule has 6 heteroatoms. The van der Waals surface area contributed by atoms with Crippen molar-refractivity contribution in [3.63, 3.8) is 0 Å². The summed E-state index contributed by atoms with van der Waals surface area (Å²) < 4.78 is 16.7. The van der Waals surface area contributed by atoms with Crippen LogP contribution in [0.3, 0.4) is 0 Å². The molecule has 63 heavy (non-hydrogen) atoms. The van der Waals surface area contributed by atoms with Gasteiger partial charge in [0, 0.05) is 19.3 Å². The van der Waals surface area contributed by atoms with Crippen LogP contribution in [0.1, 0.15) is 265 Å². The lowest BCUT2D eigenvalue weighted by molar-refractivity contribution is -0.167. The van der Waals surface area contributed by atoms with E-state index in [1.54, 1.807) is 0 Å². The maximum Gasteiger partial charge on any atom is 0.306 e. The molecule has 0 fully saturated rings. The van der Waals surface area contributed by atoms with Gasteiger partial charge in [-0.1, -0.05) is 216 Å². The van der Waals surface area contributed by atoms with Crippen LogP contribution in [0.2, 0.25) is 0 Å². The summed E-state index contributed by atoms with van der Waals surface area (Å²) in [7, 11) is 0. The Morgan fingerprint density at radius 2 is 0.571 bits per heavy atom. The molecule has 1 unspecified atom stereocenters. The van der Waals surface area contributed by atoms with Gasteiger partial charge in [-0.15, -0.1) is 0 Å². The van der Waals surface area contributed by atoms with Crippen molar-refractivity contribution in [3.05, 3.63) is 60.8 Å². The largest absolute Gasteiger partial charge is 0.462 e. The van der Waals surface area contributed by atoms with Crippen molar-refractivity contribution in [1.82, 2.24) is 0 Å². The molecular weight excluding hydrogens is 781 g/mol. The molecule has 0 aromatic rings. The zero-order valence-corrected chi connectivity index (χ0v) is 41.6. The van der Waals surface area contributed by atoms with Crippen molar-refractivity contribution in [2.24, 2.45) is 0 Å². The Bertz CT molecular complexity index is 1150. The number of rotatable bonds is 48. The lowest BCUT2D eigenvalue weighted by Gasteiger charge is -2.18. The van der Waals surface area contributed by atoms with Gasteiger partial charge in [-0.2, -0.15) is 0 Å². The standard InChI is InChI=1S/C57H100O6/c1-4-7-10-13-15-17-19-21-23-25-26-27-28-29-30-32-33-35-37-39-41-44-47-50-56(59)62-53-54(52-61-55(58)49-46-43-12-9-6-3)63-57(60)51-48-45-42-40-38-36-34-31-24-22-20-18-16-14-11-8-5-2/h16,18-19,21-22,24-26,28-29,54H,4-15,17,20,23,27,30-53H2,1-3H3/b18-16-,21-19-,24-22-,26-25-,29-28-. The number of hydrogen-bond donors (Lipinski definition) is 0. The molecule has 0 amide bonds. The lowest BCUT2D eigenvalue weighted by Crippen LogP contribution is -2.30. The van der Waals surface area contributed by atoms with E-state index in [1.807, 2.05) is 0 Å². The van der Waals surface area contributed by atoms with E-state index >= 15 is 0 Å². The highest BCUT2D eigenvalue weighted by Crippen LogP contribution is 2.14. The number of carbonyl (C=O) groups is 3. The quantitative estimate of drug-likeness (QED) is 0.0262. The Balaban J connectivity index is 4.15. The normalized spacial score (nSPS) is 12.5. The van der Waals surface area contributed by atoms with E-state index in [4.69, 9.17) is 14.2 Å². The minimum absolute atomic E-state index is 0.0805. The molecule has 0 bridgehead atoms. The topological polar surface area (TPSA) is 78.9 Å². The van der Waals surface area contributed by atoms with Crippen molar-refractivity contribution in [1.29, 1.82) is 0 Å². The molecule has 0 aromatic heterocycles. The van der Waals surface area contributed by atoms with Crippen molar-refractivity contribution in [3.8, 4) is 0 Å². The molecule has 364 valence electrons. The SMILES string of the molecule is CCCCC/C=C\C/C=C\CCCCCCCCCC(=O)OC(COC(=O)CCCCCCC)COC(=O)CCCCCCCCCC/C=C\C/C=C\C/C=C\CCCCCCC. The van der Waals surface area contributed by atoms with Crippen LogP contribution in [-0.4, -0.2) is 37.2 Å². The smallest absolute Gasteiger partial charge is 0.306 e. The maximum atomic E-state index is 12.7. The molecule has 0 aliphatic carbocycles. The van der Waals surface area contributed by atoms with Gasteiger partial charge >= 0.3 is 17.9 Å². The van der Waals surface area contributed by atoms with E-state index in [9.17, 15) is 14.4 Å². The molecule has 0 aromatic carbocycles. The van der Waals surface area contributed by atoms with E-state index in [1.165, 1.54) is 128 Å². The number of esters is 3. The summed E-state index contributed by atoms with van der Waals surface area (Å²) in [4.78, 5) is 37.7. The van der Waals surface area contributed by atoms with Gasteiger partial charge in [0.25, 0.3) is 0 Å². The Labute approximate surface area is 390 Å². The zero-order chi connectivity index (χ0) is 45.8. The highest BCUT2D eigenvalue weighted by Gasteiger charge is 2.19. The number of ether oxygens (including phenoxy) is 3. The number of carbonyl (C=O) groups excluding carboxylic acids is 3. The fraction of sp³-hybridized carbons (Fsp3) is 0.772. The zero-order valence-electron chi connectivity index (χ0n) is 41.6. The summed E-state index contributed by atoms with van der Waals surface area (Å²) in [5.41, 5.74) is 0. The summed E-state index contributed by atoms with van der Waals surface area (Å²) in [6, 6.07) is 0. The van der Waals surface area contributed by atoms with Crippen LogP contribution >= 0.6 is 0 Å². The molecule has 0 radical (unpaired) electrons. The van der Waals surface area contributed by atoms with Crippen LogP contribution < -0.4 is 0 Å². The number of allylic oxidation sites excluding steroid dienone is 10. The predicted molar refractivity (Wildman–Crippen MR) is 270 cm³/mol. The minimum atomic E-state index is -0.777. The van der Waals surface area contributed by atoms with Gasteiger partial charge in [-0.05, 0) is 89.9 Å². The molecule has 0 N–H and O–H groups in total. The average molecular weight is 881 g/mol. The Hall–Kier alpha value is -2.89. The molecule has 0 aliphatic rings. The summed E-state index contributed by atoms with van der Waals surface area (Å²) in [5.74, 6) is -0.905. The molecule has 0 rings (SSSR count). The Morgan fingerprint density at radius 3 is 0.921 bits per heavy atom. The van der Waals surface area contributed by atoms with Crippen LogP contribution in [-0.2, 0) is 28.6 Å². The lowest BCUT2D eigenvalue weighted by atomic mass is 10.1. The summed E-state index contributed by atoms with van der Waals surface area (Å²) in [6.45, 7) is 6.51. The second-order valence-electron chi connectivity index (χ2n) is 17.8. The molecule has 0 spiro atoms. The van der Waals surface area contributed by atoms with E-state index in [0.29, 0.717) is 19.3 Å². The fourth-order valence-corrected chi connectivity index (χ4v) is 7.42. The van der Waals surface area contributed by atoms with Crippen LogP contribution in [0.15, 0.2) is 60.8 Å². The number of unbranched alkanes of at least 4 members (excludes halogenated alkanes) is 27. The van der Waals surface area contributed by atoms with E-state index in [0.717, 1.165) is 96.3 Å². The molecule has 0 saturated heterocycles. The maximum absolute atomic E-state index is 12.7. The first-order chi connectivity index (χ1) is 31.0. The average Bonchev–Trinajstić information content (AvgIpc) is 3.28. The Morgan fingerprint density at radius 1 is 0.317 bits per heavy atom. The van der Waals surface area contributed by atoms with Crippen molar-refractivity contribution >= 4 is 17.9 Å². The molecule has 1 atom stereocenters. The Kier molecular flexibility index (Phi) is 49.4. The third-order valence-electron chi connectivity index (χ3n) is 11.5. The van der Waals surface area contributed by atoms with E-state index < -0.39 is 6.10 Å². The first-order valence-electron chi connectivity index (χ1n) is 26.8. The van der Waals surface area contributed by atoms with Gasteiger partial charge in [0.1, 0.15) is 13.2 Å². The van der Waals surface area contributed by atoms with Crippen molar-refractivity contribution in [2.75, 3.05) is 13.2 Å². The van der Waals surface area contributed by atoms with Crippen molar-refractivity contribution < 1.29 is 28.6 Å². The van der Waals surface area contributed by atoms with Gasteiger partial charge in [-0.3, -0.25) is 14.4 Å². The molecule has 0 heterocycles. The molecular formula is C57H100O6. The highest BCUT2D eigenvalue weighted by molar-refractivity contribution is 5.71.